The average Bonchev–Trinajstić information content (AvgIpc) is 2.62. The molecule has 3 aliphatic rings. The fourth-order valence-corrected chi connectivity index (χ4v) is 4.05. The molecule has 110 valence electrons. The molecule has 0 bridgehead atoms. The molecule has 1 unspecified atom stereocenters. The van der Waals surface area contributed by atoms with Crippen molar-refractivity contribution in [1.82, 2.24) is 5.32 Å². The molecule has 5 nitrogen and oxygen atoms in total. The molecule has 0 aromatic heterocycles. The number of fused-ring (bicyclic) bond motifs is 1. The molecule has 2 fully saturated rings. The molecular weight excluding hydrogens is 258 g/mol. The second kappa shape index (κ2) is 4.32. The van der Waals surface area contributed by atoms with Crippen LogP contribution in [0.25, 0.3) is 0 Å². The van der Waals surface area contributed by atoms with Crippen LogP contribution in [-0.4, -0.2) is 34.2 Å². The molecule has 5 atom stereocenters. The van der Waals surface area contributed by atoms with Gasteiger partial charge in [-0.15, -0.1) is 0 Å². The summed E-state index contributed by atoms with van der Waals surface area (Å²) in [6.45, 7) is 3.65. The van der Waals surface area contributed by atoms with E-state index in [0.29, 0.717) is 6.42 Å². The van der Waals surface area contributed by atoms with E-state index in [9.17, 15) is 14.7 Å². The first-order valence-electron chi connectivity index (χ1n) is 7.37. The fourth-order valence-electron chi connectivity index (χ4n) is 4.05. The van der Waals surface area contributed by atoms with Crippen LogP contribution in [0, 0.1) is 11.8 Å². The number of esters is 1. The van der Waals surface area contributed by atoms with Crippen molar-refractivity contribution in [2.24, 2.45) is 11.8 Å². The number of aliphatic hydroxyl groups is 1. The van der Waals surface area contributed by atoms with E-state index in [0.717, 1.165) is 19.3 Å². The molecule has 0 saturated carbocycles. The molecule has 20 heavy (non-hydrogen) atoms. The molecule has 2 N–H and O–H groups in total. The standard InChI is InChI=1S/C15H21NO4/c1-3-10-12(18)16-15(13(19)20-14(10,15)2)11(17)9-7-5-4-6-8-9/h5,7,9-11,17H,3-4,6,8H2,1-2H3,(H,16,18)/t9?,10-,11-,14-,15-/m0/s1. The Balaban J connectivity index is 1.97. The maximum atomic E-state index is 12.1. The van der Waals surface area contributed by atoms with Crippen LogP contribution in [0.3, 0.4) is 0 Å². The van der Waals surface area contributed by atoms with Crippen molar-refractivity contribution in [3.05, 3.63) is 12.2 Å². The molecule has 5 heteroatoms. The summed E-state index contributed by atoms with van der Waals surface area (Å²) in [5.74, 6) is -1.19. The van der Waals surface area contributed by atoms with E-state index in [-0.39, 0.29) is 17.7 Å². The highest BCUT2D eigenvalue weighted by molar-refractivity contribution is 6.01. The summed E-state index contributed by atoms with van der Waals surface area (Å²) in [6.07, 6.45) is 6.47. The zero-order chi connectivity index (χ0) is 14.5. The number of allylic oxidation sites excluding steroid dienone is 1. The lowest BCUT2D eigenvalue weighted by atomic mass is 9.64. The maximum absolute atomic E-state index is 12.1. The van der Waals surface area contributed by atoms with Gasteiger partial charge in [0.05, 0.1) is 12.0 Å². The van der Waals surface area contributed by atoms with Crippen molar-refractivity contribution in [3.8, 4) is 0 Å². The number of carbonyl (C=O) groups is 2. The Hall–Kier alpha value is -1.36. The molecule has 1 amide bonds. The van der Waals surface area contributed by atoms with Crippen molar-refractivity contribution in [2.75, 3.05) is 0 Å². The predicted octanol–water partition coefficient (Wildman–Crippen LogP) is 0.914. The van der Waals surface area contributed by atoms with Crippen LogP contribution in [-0.2, 0) is 14.3 Å². The smallest absolute Gasteiger partial charge is 0.339 e. The van der Waals surface area contributed by atoms with Crippen LogP contribution in [0.1, 0.15) is 39.5 Å². The molecule has 2 heterocycles. The van der Waals surface area contributed by atoms with Crippen molar-refractivity contribution >= 4 is 11.9 Å². The minimum atomic E-state index is -1.27. The monoisotopic (exact) mass is 279 g/mol. The van der Waals surface area contributed by atoms with Gasteiger partial charge in [0, 0.05) is 5.92 Å². The quantitative estimate of drug-likeness (QED) is 0.595. The normalized spacial score (nSPS) is 44.4. The van der Waals surface area contributed by atoms with Gasteiger partial charge in [-0.2, -0.15) is 0 Å². The third-order valence-electron chi connectivity index (χ3n) is 5.26. The van der Waals surface area contributed by atoms with Gasteiger partial charge in [0.2, 0.25) is 11.4 Å². The van der Waals surface area contributed by atoms with E-state index in [1.165, 1.54) is 0 Å². The number of hydrogen-bond acceptors (Lipinski definition) is 4. The van der Waals surface area contributed by atoms with Gasteiger partial charge >= 0.3 is 5.97 Å². The fraction of sp³-hybridized carbons (Fsp3) is 0.733. The molecule has 0 aromatic rings. The number of rotatable bonds is 3. The highest BCUT2D eigenvalue weighted by Gasteiger charge is 2.79. The van der Waals surface area contributed by atoms with Gasteiger partial charge in [-0.1, -0.05) is 19.1 Å². The van der Waals surface area contributed by atoms with Gasteiger partial charge in [-0.25, -0.2) is 4.79 Å². The molecular formula is C15H21NO4. The molecule has 1 aliphatic carbocycles. The number of amides is 1. The topological polar surface area (TPSA) is 75.6 Å². The Bertz CT molecular complexity index is 488. The van der Waals surface area contributed by atoms with Gasteiger partial charge in [0.15, 0.2) is 5.60 Å². The number of nitrogens with one attached hydrogen (secondary N) is 1. The second-order valence-electron chi connectivity index (χ2n) is 6.22. The maximum Gasteiger partial charge on any atom is 0.339 e. The van der Waals surface area contributed by atoms with Crippen LogP contribution in [0.5, 0.6) is 0 Å². The molecule has 0 aromatic carbocycles. The van der Waals surface area contributed by atoms with Crippen LogP contribution in [0.15, 0.2) is 12.2 Å². The summed E-state index contributed by atoms with van der Waals surface area (Å²) in [5, 5.41) is 13.5. The summed E-state index contributed by atoms with van der Waals surface area (Å²) < 4.78 is 5.33. The first-order chi connectivity index (χ1) is 9.47. The van der Waals surface area contributed by atoms with Crippen LogP contribution in [0.4, 0.5) is 0 Å². The number of ether oxygens (including phenoxy) is 1. The lowest BCUT2D eigenvalue weighted by Crippen LogP contribution is -2.80. The van der Waals surface area contributed by atoms with Gasteiger partial charge in [0.1, 0.15) is 0 Å². The van der Waals surface area contributed by atoms with Gasteiger partial charge < -0.3 is 15.2 Å². The van der Waals surface area contributed by atoms with Gasteiger partial charge in [-0.05, 0) is 32.6 Å². The summed E-state index contributed by atoms with van der Waals surface area (Å²) in [4.78, 5) is 24.2. The molecule has 2 saturated heterocycles. The lowest BCUT2D eigenvalue weighted by molar-refractivity contribution is -0.238. The zero-order valence-electron chi connectivity index (χ0n) is 11.9. The van der Waals surface area contributed by atoms with Crippen LogP contribution >= 0.6 is 0 Å². The van der Waals surface area contributed by atoms with E-state index in [2.05, 4.69) is 5.32 Å². The Morgan fingerprint density at radius 3 is 2.85 bits per heavy atom. The SMILES string of the molecule is CC[C@H]1C(=O)N[C@@]2([C@@H](O)C3C=CCCC3)C(=O)O[C@@]12C. The predicted molar refractivity (Wildman–Crippen MR) is 71.6 cm³/mol. The first kappa shape index (κ1) is 13.6. The minimum Gasteiger partial charge on any atom is -0.453 e. The number of hydrogen-bond donors (Lipinski definition) is 2. The van der Waals surface area contributed by atoms with Crippen molar-refractivity contribution < 1.29 is 19.4 Å². The highest BCUT2D eigenvalue weighted by Crippen LogP contribution is 2.53. The first-order valence-corrected chi connectivity index (χ1v) is 7.37. The summed E-state index contributed by atoms with van der Waals surface area (Å²) in [7, 11) is 0. The Labute approximate surface area is 118 Å². The van der Waals surface area contributed by atoms with E-state index >= 15 is 0 Å². The summed E-state index contributed by atoms with van der Waals surface area (Å²) in [6, 6.07) is 0. The summed E-state index contributed by atoms with van der Waals surface area (Å²) in [5.41, 5.74) is -2.20. The Morgan fingerprint density at radius 2 is 2.30 bits per heavy atom. The number of aliphatic hydroxyl groups excluding tert-OH is 1. The van der Waals surface area contributed by atoms with Crippen molar-refractivity contribution in [2.45, 2.75) is 56.8 Å². The zero-order valence-corrected chi connectivity index (χ0v) is 11.9. The van der Waals surface area contributed by atoms with Gasteiger partial charge in [-0.3, -0.25) is 4.79 Å². The Kier molecular flexibility index (Phi) is 2.94. The Morgan fingerprint density at radius 1 is 1.55 bits per heavy atom. The molecule has 0 radical (unpaired) electrons. The molecule has 0 spiro atoms. The van der Waals surface area contributed by atoms with E-state index in [4.69, 9.17) is 4.74 Å². The molecule has 2 aliphatic heterocycles. The van der Waals surface area contributed by atoms with Crippen molar-refractivity contribution in [3.63, 3.8) is 0 Å². The van der Waals surface area contributed by atoms with E-state index < -0.39 is 23.2 Å². The van der Waals surface area contributed by atoms with Crippen molar-refractivity contribution in [1.29, 1.82) is 0 Å². The van der Waals surface area contributed by atoms with E-state index in [1.807, 2.05) is 19.1 Å². The summed E-state index contributed by atoms with van der Waals surface area (Å²) >= 11 is 0. The minimum absolute atomic E-state index is 0.105. The third-order valence-corrected chi connectivity index (χ3v) is 5.26. The largest absolute Gasteiger partial charge is 0.453 e. The van der Waals surface area contributed by atoms with Crippen LogP contribution in [0.2, 0.25) is 0 Å². The highest BCUT2D eigenvalue weighted by atomic mass is 16.6. The number of carbonyl (C=O) groups excluding carboxylic acids is 2. The average molecular weight is 279 g/mol. The van der Waals surface area contributed by atoms with E-state index in [1.54, 1.807) is 6.92 Å². The lowest BCUT2D eigenvalue weighted by Gasteiger charge is -2.54. The van der Waals surface area contributed by atoms with Crippen LogP contribution < -0.4 is 5.32 Å². The van der Waals surface area contributed by atoms with Gasteiger partial charge in [0.25, 0.3) is 0 Å². The third kappa shape index (κ3) is 1.41. The second-order valence-corrected chi connectivity index (χ2v) is 6.22. The molecule has 3 rings (SSSR count).